The predicted octanol–water partition coefficient (Wildman–Crippen LogP) is 0.464. The molecule has 1 saturated heterocycles. The van der Waals surface area contributed by atoms with Gasteiger partial charge < -0.3 is 9.47 Å². The Hall–Kier alpha value is -1.16. The molecule has 0 aromatic rings. The average Bonchev–Trinajstić information content (AvgIpc) is 2.65. The fourth-order valence-corrected chi connectivity index (χ4v) is 1.10. The van der Waals surface area contributed by atoms with E-state index < -0.39 is 11.8 Å². The van der Waals surface area contributed by atoms with E-state index in [0.717, 1.165) is 18.9 Å². The van der Waals surface area contributed by atoms with Crippen LogP contribution in [0.3, 0.4) is 0 Å². The third-order valence-corrected chi connectivity index (χ3v) is 1.81. The van der Waals surface area contributed by atoms with Gasteiger partial charge in [0.15, 0.2) is 0 Å². The SMILES string of the molecule is C=CC(=O)C(=O)OCC1CCCO1. The van der Waals surface area contributed by atoms with Gasteiger partial charge in [-0.3, -0.25) is 4.79 Å². The Bertz CT molecular complexity index is 216. The summed E-state index contributed by atoms with van der Waals surface area (Å²) in [5, 5.41) is 0. The molecule has 0 bridgehead atoms. The van der Waals surface area contributed by atoms with Crippen molar-refractivity contribution in [3.63, 3.8) is 0 Å². The first kappa shape index (κ1) is 9.92. The van der Waals surface area contributed by atoms with Crippen LogP contribution in [0.15, 0.2) is 12.7 Å². The van der Waals surface area contributed by atoms with Crippen molar-refractivity contribution in [3.8, 4) is 0 Å². The molecule has 4 nitrogen and oxygen atoms in total. The Labute approximate surface area is 76.5 Å². The summed E-state index contributed by atoms with van der Waals surface area (Å²) in [5.74, 6) is -1.57. The first-order valence-electron chi connectivity index (χ1n) is 4.19. The molecule has 0 N–H and O–H groups in total. The van der Waals surface area contributed by atoms with Gasteiger partial charge in [-0.1, -0.05) is 6.58 Å². The number of ether oxygens (including phenoxy) is 2. The zero-order chi connectivity index (χ0) is 9.68. The summed E-state index contributed by atoms with van der Waals surface area (Å²) in [4.78, 5) is 21.5. The number of hydrogen-bond donors (Lipinski definition) is 0. The molecule has 0 spiro atoms. The number of carbonyl (C=O) groups excluding carboxylic acids is 2. The summed E-state index contributed by atoms with van der Waals surface area (Å²) < 4.78 is 9.90. The fraction of sp³-hybridized carbons (Fsp3) is 0.556. The minimum atomic E-state index is -0.856. The van der Waals surface area contributed by atoms with E-state index in [9.17, 15) is 9.59 Å². The molecule has 0 aliphatic carbocycles. The monoisotopic (exact) mass is 184 g/mol. The molecule has 1 aliphatic heterocycles. The summed E-state index contributed by atoms with van der Waals surface area (Å²) in [5.41, 5.74) is 0. The molecule has 1 heterocycles. The van der Waals surface area contributed by atoms with Crippen LogP contribution in [0.1, 0.15) is 12.8 Å². The van der Waals surface area contributed by atoms with Gasteiger partial charge in [-0.25, -0.2) is 4.79 Å². The minimum absolute atomic E-state index is 0.0402. The molecule has 1 unspecified atom stereocenters. The number of esters is 1. The van der Waals surface area contributed by atoms with Gasteiger partial charge in [0.25, 0.3) is 5.78 Å². The smallest absolute Gasteiger partial charge is 0.379 e. The van der Waals surface area contributed by atoms with Crippen molar-refractivity contribution in [2.45, 2.75) is 18.9 Å². The molecule has 0 aromatic carbocycles. The maximum Gasteiger partial charge on any atom is 0.379 e. The number of rotatable bonds is 4. The second kappa shape index (κ2) is 4.77. The Morgan fingerprint density at radius 3 is 2.92 bits per heavy atom. The van der Waals surface area contributed by atoms with Crippen molar-refractivity contribution in [2.24, 2.45) is 0 Å². The number of ketones is 1. The van der Waals surface area contributed by atoms with E-state index in [2.05, 4.69) is 6.58 Å². The van der Waals surface area contributed by atoms with Crippen molar-refractivity contribution in [2.75, 3.05) is 13.2 Å². The molecule has 0 saturated carbocycles. The van der Waals surface area contributed by atoms with Crippen LogP contribution in [0.5, 0.6) is 0 Å². The minimum Gasteiger partial charge on any atom is -0.457 e. The zero-order valence-corrected chi connectivity index (χ0v) is 7.32. The van der Waals surface area contributed by atoms with Gasteiger partial charge in [-0.2, -0.15) is 0 Å². The maximum atomic E-state index is 10.8. The zero-order valence-electron chi connectivity index (χ0n) is 7.32. The van der Waals surface area contributed by atoms with Crippen LogP contribution in [0.25, 0.3) is 0 Å². The van der Waals surface area contributed by atoms with Crippen molar-refractivity contribution >= 4 is 11.8 Å². The van der Waals surface area contributed by atoms with Crippen LogP contribution in [-0.4, -0.2) is 31.1 Å². The average molecular weight is 184 g/mol. The van der Waals surface area contributed by atoms with Crippen LogP contribution in [0.4, 0.5) is 0 Å². The lowest BCUT2D eigenvalue weighted by Crippen LogP contribution is -2.22. The van der Waals surface area contributed by atoms with E-state index in [0.29, 0.717) is 6.61 Å². The van der Waals surface area contributed by atoms with Crippen LogP contribution < -0.4 is 0 Å². The Kier molecular flexibility index (Phi) is 3.64. The van der Waals surface area contributed by atoms with E-state index in [1.165, 1.54) is 0 Å². The number of carbonyl (C=O) groups is 2. The van der Waals surface area contributed by atoms with Crippen molar-refractivity contribution in [1.82, 2.24) is 0 Å². The lowest BCUT2D eigenvalue weighted by molar-refractivity contribution is -0.154. The fourth-order valence-electron chi connectivity index (χ4n) is 1.10. The van der Waals surface area contributed by atoms with Gasteiger partial charge in [-0.15, -0.1) is 0 Å². The molecule has 4 heteroatoms. The third kappa shape index (κ3) is 2.99. The largest absolute Gasteiger partial charge is 0.457 e. The summed E-state index contributed by atoms with van der Waals surface area (Å²) >= 11 is 0. The first-order chi connectivity index (χ1) is 6.24. The lowest BCUT2D eigenvalue weighted by atomic mass is 10.2. The Morgan fingerprint density at radius 2 is 2.38 bits per heavy atom. The first-order valence-corrected chi connectivity index (χ1v) is 4.19. The van der Waals surface area contributed by atoms with Gasteiger partial charge in [0, 0.05) is 6.61 Å². The lowest BCUT2D eigenvalue weighted by Gasteiger charge is -2.08. The van der Waals surface area contributed by atoms with Gasteiger partial charge in [0.2, 0.25) is 0 Å². The third-order valence-electron chi connectivity index (χ3n) is 1.81. The highest BCUT2D eigenvalue weighted by atomic mass is 16.6. The van der Waals surface area contributed by atoms with Crippen LogP contribution in [-0.2, 0) is 19.1 Å². The van der Waals surface area contributed by atoms with Crippen LogP contribution in [0, 0.1) is 0 Å². The van der Waals surface area contributed by atoms with E-state index in [4.69, 9.17) is 9.47 Å². The molecule has 1 fully saturated rings. The molecule has 72 valence electrons. The standard InChI is InChI=1S/C9H12O4/c1-2-8(10)9(11)13-6-7-4-3-5-12-7/h2,7H,1,3-6H2. The maximum absolute atomic E-state index is 10.8. The molecule has 1 atom stereocenters. The van der Waals surface area contributed by atoms with Crippen LogP contribution in [0.2, 0.25) is 0 Å². The van der Waals surface area contributed by atoms with Gasteiger partial charge in [0.05, 0.1) is 6.10 Å². The van der Waals surface area contributed by atoms with Gasteiger partial charge >= 0.3 is 5.97 Å². The molecular weight excluding hydrogens is 172 g/mol. The van der Waals surface area contributed by atoms with E-state index in [1.807, 2.05) is 0 Å². The molecule has 0 radical (unpaired) electrons. The quantitative estimate of drug-likeness (QED) is 0.362. The topological polar surface area (TPSA) is 52.6 Å². The molecule has 0 aromatic heterocycles. The van der Waals surface area contributed by atoms with Gasteiger partial charge in [-0.05, 0) is 18.9 Å². The second-order valence-electron chi connectivity index (χ2n) is 2.80. The summed E-state index contributed by atoms with van der Waals surface area (Å²) in [7, 11) is 0. The van der Waals surface area contributed by atoms with Crippen molar-refractivity contribution in [3.05, 3.63) is 12.7 Å². The Balaban J connectivity index is 2.21. The highest BCUT2D eigenvalue weighted by Gasteiger charge is 2.19. The molecule has 1 aliphatic rings. The van der Waals surface area contributed by atoms with Crippen molar-refractivity contribution < 1.29 is 19.1 Å². The highest BCUT2D eigenvalue weighted by molar-refractivity contribution is 6.38. The summed E-state index contributed by atoms with van der Waals surface area (Å²) in [6.45, 7) is 4.05. The second-order valence-corrected chi connectivity index (χ2v) is 2.80. The summed E-state index contributed by atoms with van der Waals surface area (Å²) in [6.07, 6.45) is 2.77. The van der Waals surface area contributed by atoms with Crippen molar-refractivity contribution in [1.29, 1.82) is 0 Å². The van der Waals surface area contributed by atoms with E-state index in [1.54, 1.807) is 0 Å². The van der Waals surface area contributed by atoms with E-state index >= 15 is 0 Å². The Morgan fingerprint density at radius 1 is 1.62 bits per heavy atom. The molecule has 0 amide bonds. The molecule has 13 heavy (non-hydrogen) atoms. The predicted molar refractivity (Wildman–Crippen MR) is 45.1 cm³/mol. The highest BCUT2D eigenvalue weighted by Crippen LogP contribution is 2.11. The number of hydrogen-bond acceptors (Lipinski definition) is 4. The normalized spacial score (nSPS) is 21.1. The van der Waals surface area contributed by atoms with E-state index in [-0.39, 0.29) is 12.7 Å². The molecule has 1 rings (SSSR count). The summed E-state index contributed by atoms with van der Waals surface area (Å²) in [6, 6.07) is 0. The van der Waals surface area contributed by atoms with Crippen LogP contribution >= 0.6 is 0 Å². The molecular formula is C9H12O4. The van der Waals surface area contributed by atoms with Gasteiger partial charge in [0.1, 0.15) is 6.61 Å².